The number of para-hydroxylation sites is 2. The third kappa shape index (κ3) is 3.61. The van der Waals surface area contributed by atoms with Gasteiger partial charge in [-0.2, -0.15) is 0 Å². The maximum atomic E-state index is 12.8. The quantitative estimate of drug-likeness (QED) is 0.291. The van der Waals surface area contributed by atoms with Gasteiger partial charge in [0.05, 0.1) is 11.0 Å². The molecule has 0 amide bonds. The number of aliphatic hydroxyl groups is 1. The Balaban J connectivity index is 1.69. The molecule has 0 saturated carbocycles. The third-order valence-electron chi connectivity index (χ3n) is 6.70. The fraction of sp³-hybridized carbons (Fsp3) is 0.0645. The lowest BCUT2D eigenvalue weighted by atomic mass is 9.81. The zero-order chi connectivity index (χ0) is 24.0. The Morgan fingerprint density at radius 1 is 0.829 bits per heavy atom. The molecule has 1 aromatic heterocycles. The van der Waals surface area contributed by atoms with E-state index in [1.165, 1.54) is 0 Å². The average Bonchev–Trinajstić information content (AvgIpc) is 3.30. The molecule has 2 heterocycles. The van der Waals surface area contributed by atoms with E-state index in [0.717, 1.165) is 44.5 Å². The van der Waals surface area contributed by atoms with Gasteiger partial charge in [-0.05, 0) is 58.2 Å². The Morgan fingerprint density at radius 2 is 1.54 bits per heavy atom. The van der Waals surface area contributed by atoms with E-state index >= 15 is 0 Å². The SMILES string of the molecule is C=C1/C=C\c2ccccc2CC(O)(c2ccccc2-c2ccc(Cl)cc2)c2nc3ccccc3n21. The molecule has 1 unspecified atom stereocenters. The van der Waals surface area contributed by atoms with Crippen LogP contribution in [0.1, 0.15) is 22.5 Å². The number of hydrogen-bond acceptors (Lipinski definition) is 2. The monoisotopic (exact) mass is 474 g/mol. The molecule has 5 aromatic rings. The molecule has 0 saturated heterocycles. The maximum Gasteiger partial charge on any atom is 0.152 e. The Hall–Kier alpha value is -3.92. The summed E-state index contributed by atoms with van der Waals surface area (Å²) in [5, 5.41) is 13.5. The summed E-state index contributed by atoms with van der Waals surface area (Å²) in [5.74, 6) is 0.548. The third-order valence-corrected chi connectivity index (χ3v) is 6.95. The van der Waals surface area contributed by atoms with E-state index in [-0.39, 0.29) is 0 Å². The van der Waals surface area contributed by atoms with Crippen molar-refractivity contribution in [3.63, 3.8) is 0 Å². The molecule has 4 heteroatoms. The topological polar surface area (TPSA) is 38.1 Å². The van der Waals surface area contributed by atoms with Crippen molar-refractivity contribution < 1.29 is 5.11 Å². The molecule has 1 atom stereocenters. The van der Waals surface area contributed by atoms with Crippen LogP contribution in [0.4, 0.5) is 0 Å². The number of benzene rings is 4. The van der Waals surface area contributed by atoms with Crippen LogP contribution in [0, 0.1) is 0 Å². The number of aromatic nitrogens is 2. The minimum atomic E-state index is -1.43. The highest BCUT2D eigenvalue weighted by Crippen LogP contribution is 2.42. The van der Waals surface area contributed by atoms with Gasteiger partial charge in [-0.3, -0.25) is 4.57 Å². The van der Waals surface area contributed by atoms with Crippen LogP contribution < -0.4 is 0 Å². The fourth-order valence-electron chi connectivity index (χ4n) is 5.01. The van der Waals surface area contributed by atoms with Gasteiger partial charge in [-0.1, -0.05) is 97.1 Å². The summed E-state index contributed by atoms with van der Waals surface area (Å²) in [7, 11) is 0. The molecule has 35 heavy (non-hydrogen) atoms. The smallest absolute Gasteiger partial charge is 0.152 e. The summed E-state index contributed by atoms with van der Waals surface area (Å²) in [5.41, 5.74) is 5.80. The summed E-state index contributed by atoms with van der Waals surface area (Å²) in [6.07, 6.45) is 4.41. The molecule has 0 fully saturated rings. The zero-order valence-corrected chi connectivity index (χ0v) is 19.8. The van der Waals surface area contributed by atoms with E-state index in [4.69, 9.17) is 16.6 Å². The fourth-order valence-corrected chi connectivity index (χ4v) is 5.13. The zero-order valence-electron chi connectivity index (χ0n) is 19.0. The Labute approximate surface area is 209 Å². The molecule has 170 valence electrons. The number of fused-ring (bicyclic) bond motifs is 4. The van der Waals surface area contributed by atoms with Gasteiger partial charge in [-0.25, -0.2) is 4.98 Å². The number of hydrogen-bond donors (Lipinski definition) is 1. The van der Waals surface area contributed by atoms with Gasteiger partial charge < -0.3 is 5.11 Å². The molecule has 1 aliphatic rings. The minimum Gasteiger partial charge on any atom is -0.377 e. The van der Waals surface area contributed by atoms with Gasteiger partial charge in [0.2, 0.25) is 0 Å². The maximum absolute atomic E-state index is 12.8. The molecule has 0 bridgehead atoms. The Kier molecular flexibility index (Phi) is 5.18. The van der Waals surface area contributed by atoms with Crippen molar-refractivity contribution in [2.75, 3.05) is 0 Å². The lowest BCUT2D eigenvalue weighted by molar-refractivity contribution is 0.0712. The van der Waals surface area contributed by atoms with E-state index in [1.807, 2.05) is 95.6 Å². The molecule has 4 aromatic carbocycles. The molecule has 1 aliphatic heterocycles. The van der Waals surface area contributed by atoms with E-state index in [9.17, 15) is 5.11 Å². The van der Waals surface area contributed by atoms with E-state index in [1.54, 1.807) is 0 Å². The molecule has 1 N–H and O–H groups in total. The highest BCUT2D eigenvalue weighted by molar-refractivity contribution is 6.30. The minimum absolute atomic E-state index is 0.356. The lowest BCUT2D eigenvalue weighted by Crippen LogP contribution is -2.34. The predicted octanol–water partition coefficient (Wildman–Crippen LogP) is 7.33. The molecule has 0 spiro atoms. The predicted molar refractivity (Wildman–Crippen MR) is 144 cm³/mol. The van der Waals surface area contributed by atoms with E-state index in [2.05, 4.69) is 24.8 Å². The Morgan fingerprint density at radius 3 is 2.40 bits per heavy atom. The van der Waals surface area contributed by atoms with E-state index in [0.29, 0.717) is 17.3 Å². The largest absolute Gasteiger partial charge is 0.377 e. The number of imidazole rings is 1. The van der Waals surface area contributed by atoms with Crippen LogP contribution >= 0.6 is 11.6 Å². The standard InChI is InChI=1S/C31H23ClN2O/c1-21-14-15-22-8-2-3-9-24(22)20-31(35,30-33-28-12-6-7-13-29(28)34(21)30)27-11-5-4-10-26(27)23-16-18-25(32)19-17-23/h2-19,35H,1,20H2/b15-14-. The van der Waals surface area contributed by atoms with Crippen LogP contribution in [0.25, 0.3) is 33.9 Å². The van der Waals surface area contributed by atoms with Crippen LogP contribution in [0.15, 0.2) is 110 Å². The van der Waals surface area contributed by atoms with Crippen LogP contribution in [0.5, 0.6) is 0 Å². The number of nitrogens with zero attached hydrogens (tertiary/aromatic N) is 2. The lowest BCUT2D eigenvalue weighted by Gasteiger charge is -2.31. The van der Waals surface area contributed by atoms with Crippen molar-refractivity contribution >= 4 is 34.4 Å². The highest BCUT2D eigenvalue weighted by atomic mass is 35.5. The van der Waals surface area contributed by atoms with Gasteiger partial charge in [0.25, 0.3) is 0 Å². The van der Waals surface area contributed by atoms with Crippen molar-refractivity contribution in [2.45, 2.75) is 12.0 Å². The van der Waals surface area contributed by atoms with Gasteiger partial charge >= 0.3 is 0 Å². The summed E-state index contributed by atoms with van der Waals surface area (Å²) in [4.78, 5) is 5.00. The van der Waals surface area contributed by atoms with E-state index < -0.39 is 5.60 Å². The van der Waals surface area contributed by atoms with Gasteiger partial charge in [0.1, 0.15) is 0 Å². The summed E-state index contributed by atoms with van der Waals surface area (Å²) in [6, 6.07) is 31.8. The number of allylic oxidation sites excluding steroid dienone is 2. The highest BCUT2D eigenvalue weighted by Gasteiger charge is 2.40. The first-order valence-electron chi connectivity index (χ1n) is 11.6. The molecule has 6 rings (SSSR count). The van der Waals surface area contributed by atoms with Gasteiger partial charge in [0, 0.05) is 17.1 Å². The molecule has 0 radical (unpaired) electrons. The second-order valence-electron chi connectivity index (χ2n) is 8.87. The van der Waals surface area contributed by atoms with Gasteiger partial charge in [0.15, 0.2) is 11.4 Å². The average molecular weight is 475 g/mol. The van der Waals surface area contributed by atoms with Gasteiger partial charge in [-0.15, -0.1) is 0 Å². The molecular weight excluding hydrogens is 452 g/mol. The molecule has 0 aliphatic carbocycles. The molecule has 3 nitrogen and oxygen atoms in total. The van der Waals surface area contributed by atoms with Crippen LogP contribution in [0.3, 0.4) is 0 Å². The summed E-state index contributed by atoms with van der Waals surface area (Å²) >= 11 is 6.18. The van der Waals surface area contributed by atoms with Crippen molar-refractivity contribution in [3.8, 4) is 11.1 Å². The number of rotatable bonds is 2. The first-order valence-corrected chi connectivity index (χ1v) is 11.9. The first kappa shape index (κ1) is 21.6. The van der Waals surface area contributed by atoms with Crippen LogP contribution in [0.2, 0.25) is 5.02 Å². The molecular formula is C31H23ClN2O. The second kappa shape index (κ2) is 8.38. The normalized spacial score (nSPS) is 18.3. The van der Waals surface area contributed by atoms with Crippen molar-refractivity contribution in [3.05, 3.63) is 137 Å². The second-order valence-corrected chi connectivity index (χ2v) is 9.31. The van der Waals surface area contributed by atoms with Crippen LogP contribution in [-0.2, 0) is 12.0 Å². The first-order chi connectivity index (χ1) is 17.0. The van der Waals surface area contributed by atoms with Crippen LogP contribution in [-0.4, -0.2) is 14.7 Å². The summed E-state index contributed by atoms with van der Waals surface area (Å²) in [6.45, 7) is 4.35. The Bertz CT molecular complexity index is 1610. The van der Waals surface area contributed by atoms with Crippen molar-refractivity contribution in [2.24, 2.45) is 0 Å². The van der Waals surface area contributed by atoms with Crippen molar-refractivity contribution in [1.29, 1.82) is 0 Å². The number of halogens is 1. The van der Waals surface area contributed by atoms with Crippen molar-refractivity contribution in [1.82, 2.24) is 9.55 Å². The summed E-state index contributed by atoms with van der Waals surface area (Å²) < 4.78 is 1.98.